The van der Waals surface area contributed by atoms with Crippen LogP contribution in [0.4, 0.5) is 5.69 Å². The van der Waals surface area contributed by atoms with Gasteiger partial charge in [0.25, 0.3) is 10.0 Å². The van der Waals surface area contributed by atoms with Crippen molar-refractivity contribution >= 4 is 27.5 Å². The first-order valence-electron chi connectivity index (χ1n) is 15.5. The highest BCUT2D eigenvalue weighted by atomic mass is 32.2. The molecule has 0 saturated heterocycles. The standard InChI is InChI=1S/C38H45N3O4S/c1-27-17-20-33(21-18-27)46(44,45)41(34-23-29(3)16-19-30(34)4)26-36(42)40(25-32-15-11-12-28(2)22-32)35(37(43)39-38(5,6)7)24-31-13-9-8-10-14-31/h8-23,35H,24-26H2,1-7H3,(H,39,43). The summed E-state index contributed by atoms with van der Waals surface area (Å²) in [7, 11) is -4.17. The lowest BCUT2D eigenvalue weighted by atomic mass is 10.0. The molecule has 4 aromatic rings. The van der Waals surface area contributed by atoms with Crippen molar-refractivity contribution in [2.45, 2.75) is 77.9 Å². The number of aryl methyl sites for hydroxylation is 4. The van der Waals surface area contributed by atoms with Gasteiger partial charge in [0.15, 0.2) is 0 Å². The number of benzene rings is 4. The van der Waals surface area contributed by atoms with Gasteiger partial charge in [-0.1, -0.05) is 90.0 Å². The van der Waals surface area contributed by atoms with E-state index in [0.717, 1.165) is 27.8 Å². The number of nitrogens with zero attached hydrogens (tertiary/aromatic N) is 2. The van der Waals surface area contributed by atoms with Crippen LogP contribution in [-0.4, -0.2) is 43.3 Å². The lowest BCUT2D eigenvalue weighted by Crippen LogP contribution is -2.56. The fourth-order valence-electron chi connectivity index (χ4n) is 5.35. The molecule has 1 unspecified atom stereocenters. The lowest BCUT2D eigenvalue weighted by Gasteiger charge is -2.35. The van der Waals surface area contributed by atoms with Crippen molar-refractivity contribution in [3.8, 4) is 0 Å². The zero-order chi connectivity index (χ0) is 33.6. The van der Waals surface area contributed by atoms with Crippen molar-refractivity contribution in [3.05, 3.63) is 130 Å². The number of carbonyl (C=O) groups is 2. The number of carbonyl (C=O) groups excluding carboxylic acids is 2. The first-order valence-corrected chi connectivity index (χ1v) is 17.0. The predicted molar refractivity (Wildman–Crippen MR) is 185 cm³/mol. The van der Waals surface area contributed by atoms with Crippen molar-refractivity contribution in [1.29, 1.82) is 0 Å². The average molecular weight is 640 g/mol. The highest BCUT2D eigenvalue weighted by molar-refractivity contribution is 7.92. The summed E-state index contributed by atoms with van der Waals surface area (Å²) in [4.78, 5) is 30.3. The van der Waals surface area contributed by atoms with E-state index in [9.17, 15) is 18.0 Å². The smallest absolute Gasteiger partial charge is 0.264 e. The van der Waals surface area contributed by atoms with Gasteiger partial charge < -0.3 is 10.2 Å². The monoisotopic (exact) mass is 639 g/mol. The van der Waals surface area contributed by atoms with Crippen LogP contribution >= 0.6 is 0 Å². The number of hydrogen-bond donors (Lipinski definition) is 1. The fraction of sp³-hybridized carbons (Fsp3) is 0.316. The Kier molecular flexibility index (Phi) is 10.7. The average Bonchev–Trinajstić information content (AvgIpc) is 2.98. The molecule has 46 heavy (non-hydrogen) atoms. The van der Waals surface area contributed by atoms with E-state index in [2.05, 4.69) is 5.32 Å². The highest BCUT2D eigenvalue weighted by Gasteiger charge is 2.36. The Balaban J connectivity index is 1.85. The van der Waals surface area contributed by atoms with Gasteiger partial charge in [0.1, 0.15) is 12.6 Å². The fourth-order valence-corrected chi connectivity index (χ4v) is 6.82. The maximum Gasteiger partial charge on any atom is 0.264 e. The van der Waals surface area contributed by atoms with Crippen LogP contribution in [0, 0.1) is 27.7 Å². The molecule has 7 nitrogen and oxygen atoms in total. The van der Waals surface area contributed by atoms with E-state index in [-0.39, 0.29) is 23.8 Å². The van der Waals surface area contributed by atoms with Gasteiger partial charge in [0, 0.05) is 18.5 Å². The molecule has 0 aliphatic rings. The summed E-state index contributed by atoms with van der Waals surface area (Å²) >= 11 is 0. The molecule has 0 aliphatic carbocycles. The van der Waals surface area contributed by atoms with E-state index in [1.165, 1.54) is 9.21 Å². The number of sulfonamides is 1. The summed E-state index contributed by atoms with van der Waals surface area (Å²) in [5.41, 5.74) is 5.11. The second kappa shape index (κ2) is 14.3. The van der Waals surface area contributed by atoms with Crippen LogP contribution in [0.2, 0.25) is 0 Å². The summed E-state index contributed by atoms with van der Waals surface area (Å²) in [5, 5.41) is 3.07. The molecule has 1 atom stereocenters. The van der Waals surface area contributed by atoms with E-state index in [4.69, 9.17) is 0 Å². The number of rotatable bonds is 11. The molecule has 8 heteroatoms. The molecule has 0 aromatic heterocycles. The SMILES string of the molecule is Cc1ccc(S(=O)(=O)N(CC(=O)N(Cc2cccc(C)c2)C(Cc2ccccc2)C(=O)NC(C)(C)C)c2cc(C)ccc2C)cc1. The maximum absolute atomic E-state index is 14.7. The van der Waals surface area contributed by atoms with Crippen LogP contribution in [-0.2, 0) is 32.6 Å². The van der Waals surface area contributed by atoms with Gasteiger partial charge in [-0.3, -0.25) is 13.9 Å². The van der Waals surface area contributed by atoms with Crippen LogP contribution in [0.3, 0.4) is 0 Å². The van der Waals surface area contributed by atoms with E-state index in [1.807, 2.05) is 115 Å². The number of nitrogens with one attached hydrogen (secondary N) is 1. The minimum Gasteiger partial charge on any atom is -0.350 e. The molecule has 1 N–H and O–H groups in total. The van der Waals surface area contributed by atoms with Crippen molar-refractivity contribution in [3.63, 3.8) is 0 Å². The third-order valence-electron chi connectivity index (χ3n) is 7.73. The quantitative estimate of drug-likeness (QED) is 0.199. The number of hydrogen-bond acceptors (Lipinski definition) is 4. The van der Waals surface area contributed by atoms with E-state index < -0.39 is 34.1 Å². The molecular weight excluding hydrogens is 595 g/mol. The summed E-state index contributed by atoms with van der Waals surface area (Å²) in [6.07, 6.45) is 0.258. The van der Waals surface area contributed by atoms with Crippen molar-refractivity contribution < 1.29 is 18.0 Å². The molecule has 4 aromatic carbocycles. The van der Waals surface area contributed by atoms with Crippen molar-refractivity contribution in [1.82, 2.24) is 10.2 Å². The van der Waals surface area contributed by atoms with Gasteiger partial charge in [-0.2, -0.15) is 0 Å². The summed E-state index contributed by atoms with van der Waals surface area (Å²) in [6.45, 7) is 12.9. The predicted octanol–water partition coefficient (Wildman–Crippen LogP) is 6.67. The third kappa shape index (κ3) is 8.85. The zero-order valence-corrected chi connectivity index (χ0v) is 28.7. The normalized spacial score (nSPS) is 12.3. The maximum atomic E-state index is 14.7. The first kappa shape index (κ1) is 34.4. The summed E-state index contributed by atoms with van der Waals surface area (Å²) in [6, 6.07) is 28.6. The van der Waals surface area contributed by atoms with E-state index >= 15 is 0 Å². The largest absolute Gasteiger partial charge is 0.350 e. The topological polar surface area (TPSA) is 86.8 Å². The van der Waals surface area contributed by atoms with Gasteiger partial charge in [-0.25, -0.2) is 8.42 Å². The third-order valence-corrected chi connectivity index (χ3v) is 9.50. The minimum absolute atomic E-state index is 0.0864. The Morgan fingerprint density at radius 1 is 0.739 bits per heavy atom. The second-order valence-electron chi connectivity index (χ2n) is 13.1. The molecule has 0 bridgehead atoms. The molecule has 0 aliphatic heterocycles. The van der Waals surface area contributed by atoms with Gasteiger partial charge in [-0.05, 0) is 88.9 Å². The molecule has 0 saturated carbocycles. The van der Waals surface area contributed by atoms with E-state index in [0.29, 0.717) is 11.3 Å². The highest BCUT2D eigenvalue weighted by Crippen LogP contribution is 2.29. The molecular formula is C38H45N3O4S. The Morgan fingerprint density at radius 2 is 1.35 bits per heavy atom. The Bertz CT molecular complexity index is 1780. The molecule has 4 rings (SSSR count). The minimum atomic E-state index is -4.17. The van der Waals surface area contributed by atoms with Gasteiger partial charge in [0.05, 0.1) is 10.6 Å². The van der Waals surface area contributed by atoms with Crippen LogP contribution in [0.25, 0.3) is 0 Å². The molecule has 0 fully saturated rings. The number of amides is 2. The Labute approximate surface area is 274 Å². The summed E-state index contributed by atoms with van der Waals surface area (Å²) < 4.78 is 29.8. The first-order chi connectivity index (χ1) is 21.6. The molecule has 2 amide bonds. The summed E-state index contributed by atoms with van der Waals surface area (Å²) in [5.74, 6) is -0.792. The number of anilines is 1. The molecule has 0 spiro atoms. The van der Waals surface area contributed by atoms with Gasteiger partial charge in [0.2, 0.25) is 11.8 Å². The van der Waals surface area contributed by atoms with Crippen molar-refractivity contribution in [2.24, 2.45) is 0 Å². The van der Waals surface area contributed by atoms with Crippen molar-refractivity contribution in [2.75, 3.05) is 10.8 Å². The van der Waals surface area contributed by atoms with Gasteiger partial charge >= 0.3 is 0 Å². The lowest BCUT2D eigenvalue weighted by molar-refractivity contribution is -0.140. The second-order valence-corrected chi connectivity index (χ2v) is 14.9. The van der Waals surface area contributed by atoms with Gasteiger partial charge in [-0.15, -0.1) is 0 Å². The van der Waals surface area contributed by atoms with E-state index in [1.54, 1.807) is 30.3 Å². The Hall–Kier alpha value is -4.43. The van der Waals surface area contributed by atoms with Crippen LogP contribution in [0.5, 0.6) is 0 Å². The molecule has 0 heterocycles. The van der Waals surface area contributed by atoms with Crippen LogP contribution < -0.4 is 9.62 Å². The van der Waals surface area contributed by atoms with Crippen LogP contribution in [0.15, 0.2) is 102 Å². The Morgan fingerprint density at radius 3 is 1.98 bits per heavy atom. The molecule has 0 radical (unpaired) electrons. The molecule has 242 valence electrons. The zero-order valence-electron chi connectivity index (χ0n) is 27.9. The van der Waals surface area contributed by atoms with Crippen LogP contribution in [0.1, 0.15) is 54.2 Å².